The van der Waals surface area contributed by atoms with Crippen molar-refractivity contribution in [3.05, 3.63) is 22.3 Å². The van der Waals surface area contributed by atoms with Gasteiger partial charge in [-0.1, -0.05) is 0 Å². The van der Waals surface area contributed by atoms with Crippen molar-refractivity contribution in [1.29, 1.82) is 0 Å². The standard InChI is InChI=1S/C14H21BrN4O.2ClH/c1-19(2)13-12(7-9(15)8-17-13)14(20)18-11-5-3-10(16)4-6-11;;/h7-8,10-11H,3-6,16H2,1-2H3,(H,18,20);2*1H. The maximum Gasteiger partial charge on any atom is 0.255 e. The Bertz CT molecular complexity index is 494. The number of carbonyl (C=O) groups is 1. The molecule has 1 aromatic heterocycles. The fourth-order valence-corrected chi connectivity index (χ4v) is 2.81. The van der Waals surface area contributed by atoms with Crippen LogP contribution in [0.5, 0.6) is 0 Å². The van der Waals surface area contributed by atoms with E-state index in [-0.39, 0.29) is 42.8 Å². The van der Waals surface area contributed by atoms with Crippen molar-refractivity contribution in [3.63, 3.8) is 0 Å². The minimum absolute atomic E-state index is 0. The highest BCUT2D eigenvalue weighted by Gasteiger charge is 2.22. The minimum atomic E-state index is -0.0667. The Labute approximate surface area is 152 Å². The molecule has 1 saturated carbocycles. The largest absolute Gasteiger partial charge is 0.362 e. The van der Waals surface area contributed by atoms with Gasteiger partial charge in [-0.2, -0.15) is 0 Å². The number of aromatic nitrogens is 1. The maximum absolute atomic E-state index is 12.4. The normalized spacial score (nSPS) is 20.4. The number of hydrogen-bond donors (Lipinski definition) is 2. The van der Waals surface area contributed by atoms with Gasteiger partial charge in [0.2, 0.25) is 0 Å². The quantitative estimate of drug-likeness (QED) is 0.798. The Morgan fingerprint density at radius 3 is 2.45 bits per heavy atom. The van der Waals surface area contributed by atoms with Gasteiger partial charge in [0.15, 0.2) is 0 Å². The first-order chi connectivity index (χ1) is 9.47. The molecule has 1 fully saturated rings. The third-order valence-electron chi connectivity index (χ3n) is 3.61. The molecule has 0 aliphatic heterocycles. The molecule has 0 saturated heterocycles. The summed E-state index contributed by atoms with van der Waals surface area (Å²) in [5.74, 6) is 0.612. The Kier molecular flexibility index (Phi) is 9.31. The highest BCUT2D eigenvalue weighted by Crippen LogP contribution is 2.22. The average molecular weight is 414 g/mol. The lowest BCUT2D eigenvalue weighted by Crippen LogP contribution is -2.40. The van der Waals surface area contributed by atoms with Crippen LogP contribution in [0, 0.1) is 0 Å². The monoisotopic (exact) mass is 412 g/mol. The van der Waals surface area contributed by atoms with E-state index < -0.39 is 0 Å². The molecule has 1 amide bonds. The summed E-state index contributed by atoms with van der Waals surface area (Å²) in [6.07, 6.45) is 5.55. The van der Waals surface area contributed by atoms with Gasteiger partial charge in [-0.3, -0.25) is 4.79 Å². The molecule has 5 nitrogen and oxygen atoms in total. The van der Waals surface area contributed by atoms with E-state index in [0.29, 0.717) is 11.4 Å². The smallest absolute Gasteiger partial charge is 0.255 e. The molecule has 126 valence electrons. The lowest BCUT2D eigenvalue weighted by atomic mass is 9.91. The van der Waals surface area contributed by atoms with Crippen LogP contribution in [0.4, 0.5) is 5.82 Å². The number of pyridine rings is 1. The summed E-state index contributed by atoms with van der Waals surface area (Å²) < 4.78 is 0.805. The number of hydrogen-bond acceptors (Lipinski definition) is 4. The van der Waals surface area contributed by atoms with Gasteiger partial charge in [-0.25, -0.2) is 4.98 Å². The lowest BCUT2D eigenvalue weighted by Gasteiger charge is -2.27. The van der Waals surface area contributed by atoms with Crippen molar-refractivity contribution < 1.29 is 4.79 Å². The van der Waals surface area contributed by atoms with E-state index in [0.717, 1.165) is 30.2 Å². The minimum Gasteiger partial charge on any atom is -0.362 e. The van der Waals surface area contributed by atoms with Crippen molar-refractivity contribution in [3.8, 4) is 0 Å². The number of amides is 1. The van der Waals surface area contributed by atoms with E-state index in [4.69, 9.17) is 5.73 Å². The summed E-state index contributed by atoms with van der Waals surface area (Å²) in [5, 5.41) is 3.10. The van der Waals surface area contributed by atoms with Gasteiger partial charge in [-0.15, -0.1) is 24.8 Å². The molecule has 1 aromatic rings. The van der Waals surface area contributed by atoms with Crippen LogP contribution in [-0.4, -0.2) is 37.1 Å². The first kappa shape index (κ1) is 21.4. The van der Waals surface area contributed by atoms with Crippen molar-refractivity contribution in [2.24, 2.45) is 5.73 Å². The Balaban J connectivity index is 0.00000220. The zero-order chi connectivity index (χ0) is 14.7. The molecule has 0 atom stereocenters. The highest BCUT2D eigenvalue weighted by atomic mass is 79.9. The molecular weight excluding hydrogens is 391 g/mol. The summed E-state index contributed by atoms with van der Waals surface area (Å²) in [4.78, 5) is 18.6. The second-order valence-corrected chi connectivity index (χ2v) is 6.42. The van der Waals surface area contributed by atoms with Crippen LogP contribution < -0.4 is 16.0 Å². The number of carbonyl (C=O) groups excluding carboxylic acids is 1. The van der Waals surface area contributed by atoms with Gasteiger partial charge in [0.25, 0.3) is 5.91 Å². The Hall–Kier alpha value is -0.560. The predicted octanol–water partition coefficient (Wildman–Crippen LogP) is 2.75. The molecule has 0 aromatic carbocycles. The van der Waals surface area contributed by atoms with E-state index in [1.54, 1.807) is 6.20 Å². The molecule has 1 heterocycles. The molecule has 0 spiro atoms. The van der Waals surface area contributed by atoms with Crippen molar-refractivity contribution in [2.45, 2.75) is 37.8 Å². The van der Waals surface area contributed by atoms with Crippen molar-refractivity contribution in [2.75, 3.05) is 19.0 Å². The van der Waals surface area contributed by atoms with Gasteiger partial charge in [0.1, 0.15) is 5.82 Å². The van der Waals surface area contributed by atoms with E-state index in [1.165, 1.54) is 0 Å². The van der Waals surface area contributed by atoms with Crippen LogP contribution in [0.2, 0.25) is 0 Å². The van der Waals surface area contributed by atoms with E-state index in [9.17, 15) is 4.79 Å². The first-order valence-electron chi connectivity index (χ1n) is 6.86. The number of rotatable bonds is 3. The van der Waals surface area contributed by atoms with Gasteiger partial charge in [-0.05, 0) is 47.7 Å². The molecule has 3 N–H and O–H groups in total. The topological polar surface area (TPSA) is 71.2 Å². The number of nitrogens with zero attached hydrogens (tertiary/aromatic N) is 2. The molecule has 22 heavy (non-hydrogen) atoms. The Morgan fingerprint density at radius 1 is 1.32 bits per heavy atom. The van der Waals surface area contributed by atoms with Crippen LogP contribution in [0.15, 0.2) is 16.7 Å². The second kappa shape index (κ2) is 9.55. The number of anilines is 1. The molecule has 8 heteroatoms. The summed E-state index contributed by atoms with van der Waals surface area (Å²) in [5.41, 5.74) is 6.48. The molecule has 1 aliphatic carbocycles. The molecule has 0 bridgehead atoms. The third-order valence-corrected chi connectivity index (χ3v) is 4.04. The Morgan fingerprint density at radius 2 is 1.91 bits per heavy atom. The molecule has 2 rings (SSSR count). The maximum atomic E-state index is 12.4. The summed E-state index contributed by atoms with van der Waals surface area (Å²) in [6, 6.07) is 2.32. The van der Waals surface area contributed by atoms with Crippen molar-refractivity contribution >= 4 is 52.5 Å². The zero-order valence-corrected chi connectivity index (χ0v) is 15.9. The third kappa shape index (κ3) is 5.57. The molecule has 1 aliphatic rings. The van der Waals surface area contributed by atoms with Crippen LogP contribution in [0.3, 0.4) is 0 Å². The van der Waals surface area contributed by atoms with Crippen molar-refractivity contribution in [1.82, 2.24) is 10.3 Å². The van der Waals surface area contributed by atoms with Gasteiger partial charge in [0, 0.05) is 36.8 Å². The van der Waals surface area contributed by atoms with Gasteiger partial charge >= 0.3 is 0 Å². The summed E-state index contributed by atoms with van der Waals surface area (Å²) in [7, 11) is 3.76. The number of nitrogens with two attached hydrogens (primary N) is 1. The first-order valence-corrected chi connectivity index (χ1v) is 7.66. The van der Waals surface area contributed by atoms with E-state index in [2.05, 4.69) is 26.2 Å². The lowest BCUT2D eigenvalue weighted by molar-refractivity contribution is 0.0926. The van der Waals surface area contributed by atoms with Crippen LogP contribution in [-0.2, 0) is 0 Å². The summed E-state index contributed by atoms with van der Waals surface area (Å²) in [6.45, 7) is 0. The van der Waals surface area contributed by atoms with Crippen LogP contribution in [0.25, 0.3) is 0 Å². The van der Waals surface area contributed by atoms with Crippen LogP contribution >= 0.6 is 40.7 Å². The predicted molar refractivity (Wildman–Crippen MR) is 98.5 cm³/mol. The molecule has 0 unspecified atom stereocenters. The SMILES string of the molecule is CN(C)c1ncc(Br)cc1C(=O)NC1CCC(N)CC1.Cl.Cl. The van der Waals surface area contributed by atoms with E-state index in [1.807, 2.05) is 25.1 Å². The average Bonchev–Trinajstić information content (AvgIpc) is 2.41. The fraction of sp³-hybridized carbons (Fsp3) is 0.571. The van der Waals surface area contributed by atoms with Gasteiger partial charge in [0.05, 0.1) is 5.56 Å². The number of halogens is 3. The second-order valence-electron chi connectivity index (χ2n) is 5.50. The number of nitrogens with one attached hydrogen (secondary N) is 1. The fourth-order valence-electron chi connectivity index (χ4n) is 2.48. The van der Waals surface area contributed by atoms with E-state index >= 15 is 0 Å². The van der Waals surface area contributed by atoms with Crippen LogP contribution in [0.1, 0.15) is 36.0 Å². The van der Waals surface area contributed by atoms with Gasteiger partial charge < -0.3 is 16.0 Å². The molecular formula is C14H23BrCl2N4O. The highest BCUT2D eigenvalue weighted by molar-refractivity contribution is 9.10. The molecule has 0 radical (unpaired) electrons. The summed E-state index contributed by atoms with van der Waals surface area (Å²) >= 11 is 3.37. The zero-order valence-electron chi connectivity index (χ0n) is 12.7.